The van der Waals surface area contributed by atoms with Crippen LogP contribution in [0.2, 0.25) is 0 Å². The smallest absolute Gasteiger partial charge is 0.117 e. The number of rotatable bonds is 8. The van der Waals surface area contributed by atoms with E-state index in [1.165, 1.54) is 44.8 Å². The van der Waals surface area contributed by atoms with Gasteiger partial charge in [0.2, 0.25) is 0 Å². The molecular weight excluding hydrogens is 494 g/mol. The fourth-order valence-corrected chi connectivity index (χ4v) is 5.81. The van der Waals surface area contributed by atoms with Crippen LogP contribution in [0.4, 0.5) is 5.69 Å². The minimum absolute atomic E-state index is 0.125. The number of benzene rings is 1. The molecule has 1 aromatic carbocycles. The number of anilines is 1. The van der Waals surface area contributed by atoms with Crippen molar-refractivity contribution in [3.8, 4) is 12.3 Å². The van der Waals surface area contributed by atoms with Gasteiger partial charge >= 0.3 is 0 Å². The number of hydrogen-bond donors (Lipinski definition) is 0. The Balaban J connectivity index is 0.00000201. The fraction of sp³-hybridized carbons (Fsp3) is 0.450. The Hall–Kier alpha value is -3.24. The summed E-state index contributed by atoms with van der Waals surface area (Å²) in [6.07, 6.45) is 27.8. The maximum absolute atomic E-state index is 6.41. The van der Waals surface area contributed by atoms with E-state index in [1.807, 2.05) is 39.8 Å². The van der Waals surface area contributed by atoms with Gasteiger partial charge in [-0.15, -0.1) is 6.42 Å². The maximum atomic E-state index is 6.41. The molecule has 0 aromatic heterocycles. The first-order valence-electron chi connectivity index (χ1n) is 15.8. The largest absolute Gasteiger partial charge is 0.323 e. The highest BCUT2D eigenvalue weighted by atomic mass is 15.2. The zero-order valence-electron chi connectivity index (χ0n) is 28.1. The molecule has 41 heavy (non-hydrogen) atoms. The second-order valence-corrected chi connectivity index (χ2v) is 11.3. The predicted octanol–water partition coefficient (Wildman–Crippen LogP) is 11.8. The van der Waals surface area contributed by atoms with Gasteiger partial charge < -0.3 is 4.90 Å². The lowest BCUT2D eigenvalue weighted by Gasteiger charge is -2.44. The molecule has 1 aliphatic heterocycles. The average molecular weight is 552 g/mol. The van der Waals surface area contributed by atoms with Crippen LogP contribution in [0.15, 0.2) is 95.8 Å². The maximum Gasteiger partial charge on any atom is 0.117 e. The zero-order valence-corrected chi connectivity index (χ0v) is 28.1. The molecule has 0 radical (unpaired) electrons. The Morgan fingerprint density at radius 3 is 2.37 bits per heavy atom. The number of fused-ring (bicyclic) bond motifs is 2. The minimum Gasteiger partial charge on any atom is -0.323 e. The molecule has 0 bridgehead atoms. The molecule has 1 heteroatoms. The molecule has 0 spiro atoms. The van der Waals surface area contributed by atoms with Gasteiger partial charge in [0.1, 0.15) is 6.04 Å². The lowest BCUT2D eigenvalue weighted by Crippen LogP contribution is -2.42. The van der Waals surface area contributed by atoms with Crippen LogP contribution in [0.5, 0.6) is 0 Å². The second kappa shape index (κ2) is 17.5. The highest BCUT2D eigenvalue weighted by Gasteiger charge is 2.38. The Bertz CT molecular complexity index is 1230. The normalized spacial score (nSPS) is 19.0. The van der Waals surface area contributed by atoms with E-state index in [0.29, 0.717) is 5.92 Å². The Morgan fingerprint density at radius 2 is 1.83 bits per heavy atom. The van der Waals surface area contributed by atoms with Gasteiger partial charge in [-0.1, -0.05) is 123 Å². The van der Waals surface area contributed by atoms with Gasteiger partial charge in [0.15, 0.2) is 0 Å². The van der Waals surface area contributed by atoms with Crippen LogP contribution < -0.4 is 4.90 Å². The van der Waals surface area contributed by atoms with Crippen LogP contribution in [0.1, 0.15) is 107 Å². The molecule has 222 valence electrons. The molecule has 0 N–H and O–H groups in total. The number of allylic oxidation sites excluding steroid dienone is 11. The first-order valence-corrected chi connectivity index (χ1v) is 15.8. The quantitative estimate of drug-likeness (QED) is 0.176. The molecule has 1 nitrogen and oxygen atoms in total. The average Bonchev–Trinajstić information content (AvgIpc) is 2.98. The summed E-state index contributed by atoms with van der Waals surface area (Å²) in [5.41, 5.74) is 10.6. The van der Waals surface area contributed by atoms with Crippen molar-refractivity contribution in [1.82, 2.24) is 0 Å². The van der Waals surface area contributed by atoms with E-state index < -0.39 is 0 Å². The highest BCUT2D eigenvalue weighted by Crippen LogP contribution is 2.48. The summed E-state index contributed by atoms with van der Waals surface area (Å²) in [6.45, 7) is 27.4. The van der Waals surface area contributed by atoms with E-state index in [9.17, 15) is 0 Å². The number of hydrogen-bond acceptors (Lipinski definition) is 1. The number of terminal acetylenes is 1. The van der Waals surface area contributed by atoms with Crippen molar-refractivity contribution in [2.75, 3.05) is 4.90 Å². The molecule has 0 amide bonds. The summed E-state index contributed by atoms with van der Waals surface area (Å²) >= 11 is 0. The standard InChI is InChI=1S/C36H45N.2C2H6/c1-10-15-18-26(6)29(12-3)32(13-4)37-33(14-5)35-28(19-16-11-2)20-17-21-30(35)31-24-27(22-23-34(31)37)25-36(7,8)9;2*1-2/h5,10-11,13,15-18,21-24,28,33H,1,12,19-20,25H2,2-4,6-9H3;2*1-2H3/b16-11?,18-15-,29-26+,32-13-;;. The lowest BCUT2D eigenvalue weighted by atomic mass is 9.74. The van der Waals surface area contributed by atoms with Gasteiger partial charge in [-0.25, -0.2) is 0 Å². The third-order valence-corrected chi connectivity index (χ3v) is 7.32. The van der Waals surface area contributed by atoms with Gasteiger partial charge in [-0.05, 0) is 97.8 Å². The third kappa shape index (κ3) is 8.87. The highest BCUT2D eigenvalue weighted by molar-refractivity contribution is 5.92. The van der Waals surface area contributed by atoms with E-state index in [-0.39, 0.29) is 11.5 Å². The van der Waals surface area contributed by atoms with Gasteiger partial charge in [0, 0.05) is 11.3 Å². The van der Waals surface area contributed by atoms with Crippen LogP contribution in [0.25, 0.3) is 5.57 Å². The van der Waals surface area contributed by atoms with Crippen molar-refractivity contribution in [2.45, 2.75) is 108 Å². The molecule has 2 atom stereocenters. The van der Waals surface area contributed by atoms with Gasteiger partial charge in [0.05, 0.1) is 5.69 Å². The lowest BCUT2D eigenvalue weighted by molar-refractivity contribution is 0.411. The summed E-state index contributed by atoms with van der Waals surface area (Å²) in [5.74, 6) is 3.64. The first kappa shape index (κ1) is 35.8. The SMILES string of the molecule is C#CC1C2=C(C=CCC2CC=CC)c2cc(CC(C)(C)C)ccc2N1C(=C\C)/C(CC)=C(C)/C=C\C=C.CC.CC. The molecule has 1 heterocycles. The summed E-state index contributed by atoms with van der Waals surface area (Å²) in [6, 6.07) is 6.90. The molecule has 2 unspecified atom stereocenters. The minimum atomic E-state index is -0.125. The molecule has 3 rings (SSSR count). The summed E-state index contributed by atoms with van der Waals surface area (Å²) in [4.78, 5) is 2.45. The van der Waals surface area contributed by atoms with Crippen molar-refractivity contribution >= 4 is 11.3 Å². The van der Waals surface area contributed by atoms with Gasteiger partial charge in [-0.3, -0.25) is 0 Å². The van der Waals surface area contributed by atoms with E-state index >= 15 is 0 Å². The van der Waals surface area contributed by atoms with Crippen LogP contribution in [0, 0.1) is 23.7 Å². The second-order valence-electron chi connectivity index (χ2n) is 11.3. The topological polar surface area (TPSA) is 3.24 Å². The summed E-state index contributed by atoms with van der Waals surface area (Å²) in [7, 11) is 0. The Morgan fingerprint density at radius 1 is 1.15 bits per heavy atom. The molecule has 0 fully saturated rings. The first-order chi connectivity index (χ1) is 19.7. The third-order valence-electron chi connectivity index (χ3n) is 7.32. The predicted molar refractivity (Wildman–Crippen MR) is 187 cm³/mol. The molecule has 0 saturated heterocycles. The van der Waals surface area contributed by atoms with E-state index in [2.05, 4.69) is 121 Å². The van der Waals surface area contributed by atoms with Crippen LogP contribution in [-0.4, -0.2) is 6.04 Å². The molecule has 0 saturated carbocycles. The van der Waals surface area contributed by atoms with Crippen molar-refractivity contribution in [1.29, 1.82) is 0 Å². The van der Waals surface area contributed by atoms with Gasteiger partial charge in [0.25, 0.3) is 0 Å². The van der Waals surface area contributed by atoms with E-state index in [0.717, 1.165) is 25.7 Å². The van der Waals surface area contributed by atoms with Gasteiger partial charge in [-0.2, -0.15) is 0 Å². The summed E-state index contributed by atoms with van der Waals surface area (Å²) in [5, 5.41) is 0. The zero-order chi connectivity index (χ0) is 31.2. The molecule has 1 aromatic rings. The Kier molecular flexibility index (Phi) is 15.3. The van der Waals surface area contributed by atoms with Crippen molar-refractivity contribution in [3.63, 3.8) is 0 Å². The van der Waals surface area contributed by atoms with E-state index in [4.69, 9.17) is 6.42 Å². The van der Waals surface area contributed by atoms with Crippen molar-refractivity contribution in [2.24, 2.45) is 11.3 Å². The van der Waals surface area contributed by atoms with Crippen LogP contribution in [0.3, 0.4) is 0 Å². The Labute approximate surface area is 254 Å². The molecule has 1 aliphatic carbocycles. The van der Waals surface area contributed by atoms with Crippen molar-refractivity contribution < 1.29 is 0 Å². The van der Waals surface area contributed by atoms with Crippen molar-refractivity contribution in [3.05, 3.63) is 107 Å². The monoisotopic (exact) mass is 551 g/mol. The fourth-order valence-electron chi connectivity index (χ4n) is 5.81. The number of nitrogens with zero attached hydrogens (tertiary/aromatic N) is 1. The molecule has 2 aliphatic rings. The van der Waals surface area contributed by atoms with Crippen LogP contribution in [-0.2, 0) is 6.42 Å². The summed E-state index contributed by atoms with van der Waals surface area (Å²) < 4.78 is 0. The van der Waals surface area contributed by atoms with E-state index in [1.54, 1.807) is 0 Å². The van der Waals surface area contributed by atoms with Crippen LogP contribution >= 0.6 is 0 Å². The molecular formula is C40H57N.